The summed E-state index contributed by atoms with van der Waals surface area (Å²) in [7, 11) is -7.97. The lowest BCUT2D eigenvalue weighted by Crippen LogP contribution is -2.49. The summed E-state index contributed by atoms with van der Waals surface area (Å²) in [6, 6.07) is 8.74. The molecule has 8 atom stereocenters. The van der Waals surface area contributed by atoms with Gasteiger partial charge < -0.3 is 23.4 Å². The minimum atomic E-state index is -3.86. The summed E-state index contributed by atoms with van der Waals surface area (Å²) in [6.45, 7) is 35.5. The van der Waals surface area contributed by atoms with Crippen molar-refractivity contribution < 1.29 is 31.9 Å². The summed E-state index contributed by atoms with van der Waals surface area (Å²) in [6.07, 6.45) is 12.6. The first kappa shape index (κ1) is 47.1. The Morgan fingerprint density at radius 1 is 0.915 bits per heavy atom. The van der Waals surface area contributed by atoms with E-state index in [1.54, 1.807) is 24.3 Å². The monoisotopic (exact) mass is 869 g/mol. The highest BCUT2D eigenvalue weighted by molar-refractivity contribution is 7.92. The van der Waals surface area contributed by atoms with Crippen molar-refractivity contribution >= 4 is 26.5 Å². The average molecular weight is 869 g/mol. The molecule has 0 amide bonds. The largest absolute Gasteiger partial charge is 0.413 e. The lowest BCUT2D eigenvalue weighted by molar-refractivity contribution is -0.195. The maximum atomic E-state index is 14.6. The van der Waals surface area contributed by atoms with Crippen molar-refractivity contribution in [1.29, 1.82) is 0 Å². The number of fused-ring (bicyclic) bond motifs is 1. The topological polar surface area (TPSA) is 91.3 Å². The van der Waals surface area contributed by atoms with Crippen LogP contribution in [0.5, 0.6) is 0 Å². The molecule has 1 aromatic carbocycles. The van der Waals surface area contributed by atoms with Crippen molar-refractivity contribution in [3.8, 4) is 0 Å². The van der Waals surface area contributed by atoms with E-state index in [4.69, 9.17) is 24.9 Å². The number of allylic oxidation sites excluding steroid dienone is 3. The molecule has 0 bridgehead atoms. The fraction of sp³-hybridized carbons (Fsp3) is 0.755. The van der Waals surface area contributed by atoms with Gasteiger partial charge in [-0.2, -0.15) is 0 Å². The Morgan fingerprint density at radius 3 is 2.08 bits per heavy atom. The number of hydrogen-bond acceptors (Lipinski definition) is 7. The van der Waals surface area contributed by atoms with Crippen molar-refractivity contribution in [1.82, 2.24) is 0 Å². The second kappa shape index (κ2) is 16.6. The third-order valence-electron chi connectivity index (χ3n) is 17.0. The molecular formula is C49H80O7SSi2. The van der Waals surface area contributed by atoms with E-state index in [0.717, 1.165) is 63.4 Å². The lowest BCUT2D eigenvalue weighted by atomic mass is 9.60. The van der Waals surface area contributed by atoms with Crippen LogP contribution in [-0.4, -0.2) is 72.7 Å². The van der Waals surface area contributed by atoms with Crippen molar-refractivity contribution in [3.63, 3.8) is 0 Å². The highest BCUT2D eigenvalue weighted by atomic mass is 32.2. The molecule has 1 saturated heterocycles. The zero-order valence-electron chi connectivity index (χ0n) is 39.1. The standard InChI is InChI=1S/C49H80O7SSi2/c1-34-37(31-38(55-58(11,12)45(3,4)5)32-42(34)56-59(13,14)46(6,7)8)23-22-36-19-18-26-47(9)40(24-25-41(36)47)35(2)44(50)43(57(51,52)39-20-16-15-17-21-39)33-49(27-28-49)48(10)53-29-30-54-48/h15-17,20-23,35,38,40-44,50H,1,18-19,24-33H2,2-14H3/b36-22+,37-23-/t35-,38+,40+,41-,42-,43?,44+,47+/m0/s1. The molecule has 1 aromatic rings. The Hall–Kier alpha value is -1.38. The van der Waals surface area contributed by atoms with Gasteiger partial charge in [-0.3, -0.25) is 0 Å². The molecule has 1 unspecified atom stereocenters. The number of rotatable bonds is 13. The molecule has 0 aromatic heterocycles. The Kier molecular flexibility index (Phi) is 13.3. The highest BCUT2D eigenvalue weighted by Crippen LogP contribution is 2.63. The second-order valence-corrected chi connectivity index (χ2v) is 34.4. The number of aliphatic hydroxyl groups is 1. The van der Waals surface area contributed by atoms with Gasteiger partial charge in [-0.15, -0.1) is 0 Å². The van der Waals surface area contributed by atoms with E-state index in [1.807, 2.05) is 13.0 Å². The average Bonchev–Trinajstić information content (AvgIpc) is 3.67. The van der Waals surface area contributed by atoms with Crippen LogP contribution in [0, 0.1) is 28.6 Å². The van der Waals surface area contributed by atoms with E-state index in [1.165, 1.54) is 11.1 Å². The predicted octanol–water partition coefficient (Wildman–Crippen LogP) is 12.0. The molecule has 1 aliphatic heterocycles. The van der Waals surface area contributed by atoms with Crippen LogP contribution in [0.2, 0.25) is 36.3 Å². The van der Waals surface area contributed by atoms with Crippen molar-refractivity contribution in [2.45, 2.75) is 197 Å². The fourth-order valence-electron chi connectivity index (χ4n) is 10.9. The van der Waals surface area contributed by atoms with Gasteiger partial charge >= 0.3 is 0 Å². The van der Waals surface area contributed by atoms with E-state index in [2.05, 4.69) is 93.7 Å². The SMILES string of the molecule is C=C1/C(=C\C=C2/CCC[C@]3(C)[C@@H]([C@H](C)[C@@H](O)C(CC4(C5(C)OCCO5)CC4)S(=O)(=O)c4ccccc4)CC[C@@H]23)C[C@@H](O[Si](C)(C)C(C)(C)C)C[C@@H]1O[Si](C)(C)C(C)(C)C. The normalized spacial score (nSPS) is 31.9. The minimum absolute atomic E-state index is 0.0451. The summed E-state index contributed by atoms with van der Waals surface area (Å²) < 4.78 is 55.8. The zero-order chi connectivity index (χ0) is 43.6. The molecule has 10 heteroatoms. The lowest BCUT2D eigenvalue weighted by Gasteiger charge is -2.46. The second-order valence-electron chi connectivity index (χ2n) is 22.7. The number of benzene rings is 1. The van der Waals surface area contributed by atoms with Crippen molar-refractivity contribution in [3.05, 3.63) is 65.8 Å². The number of hydrogen-bond donors (Lipinski definition) is 1. The molecule has 0 spiro atoms. The van der Waals surface area contributed by atoms with E-state index >= 15 is 0 Å². The highest BCUT2D eigenvalue weighted by Gasteiger charge is 2.63. The van der Waals surface area contributed by atoms with E-state index in [-0.39, 0.29) is 44.4 Å². The molecule has 5 fully saturated rings. The molecule has 0 radical (unpaired) electrons. The molecule has 1 heterocycles. The van der Waals surface area contributed by atoms with Crippen LogP contribution >= 0.6 is 0 Å². The van der Waals surface area contributed by atoms with Gasteiger partial charge in [0.1, 0.15) is 0 Å². The van der Waals surface area contributed by atoms with Gasteiger partial charge in [-0.25, -0.2) is 8.42 Å². The van der Waals surface area contributed by atoms with E-state index < -0.39 is 49.0 Å². The predicted molar refractivity (Wildman–Crippen MR) is 246 cm³/mol. The third kappa shape index (κ3) is 9.19. The Balaban J connectivity index is 1.27. The maximum Gasteiger partial charge on any atom is 0.192 e. The van der Waals surface area contributed by atoms with Gasteiger partial charge in [0.15, 0.2) is 32.3 Å². The number of ether oxygens (including phenoxy) is 2. The third-order valence-corrected chi connectivity index (χ3v) is 28.2. The smallest absolute Gasteiger partial charge is 0.192 e. The van der Waals surface area contributed by atoms with Gasteiger partial charge in [0.05, 0.1) is 41.7 Å². The molecule has 59 heavy (non-hydrogen) atoms. The van der Waals surface area contributed by atoms with Gasteiger partial charge in [-0.1, -0.05) is 97.9 Å². The van der Waals surface area contributed by atoms with E-state index in [9.17, 15) is 13.5 Å². The molecule has 4 aliphatic carbocycles. The molecule has 6 rings (SSSR count). The van der Waals surface area contributed by atoms with Gasteiger partial charge in [0.25, 0.3) is 0 Å². The fourth-order valence-corrected chi connectivity index (χ4v) is 15.6. The first-order valence-corrected chi connectivity index (χ1v) is 30.2. The van der Waals surface area contributed by atoms with Gasteiger partial charge in [0.2, 0.25) is 0 Å². The first-order chi connectivity index (χ1) is 27.2. The van der Waals surface area contributed by atoms with Crippen molar-refractivity contribution in [2.75, 3.05) is 13.2 Å². The molecule has 7 nitrogen and oxygen atoms in total. The molecule has 1 N–H and O–H groups in total. The molecule has 5 aliphatic rings. The van der Waals surface area contributed by atoms with Crippen LogP contribution in [0.15, 0.2) is 70.7 Å². The van der Waals surface area contributed by atoms with Crippen LogP contribution in [-0.2, 0) is 28.2 Å². The number of sulfone groups is 1. The Morgan fingerprint density at radius 2 is 1.51 bits per heavy atom. The summed E-state index contributed by atoms with van der Waals surface area (Å²) in [5, 5.41) is 11.8. The maximum absolute atomic E-state index is 14.6. The summed E-state index contributed by atoms with van der Waals surface area (Å²) in [4.78, 5) is 0.273. The summed E-state index contributed by atoms with van der Waals surface area (Å²) >= 11 is 0. The van der Waals surface area contributed by atoms with Crippen LogP contribution in [0.3, 0.4) is 0 Å². The molecule has 4 saturated carbocycles. The zero-order valence-corrected chi connectivity index (χ0v) is 41.9. The first-order valence-electron chi connectivity index (χ1n) is 22.9. The molecular weight excluding hydrogens is 789 g/mol. The summed E-state index contributed by atoms with van der Waals surface area (Å²) in [5.41, 5.74) is 3.35. The van der Waals surface area contributed by atoms with Crippen molar-refractivity contribution in [2.24, 2.45) is 28.6 Å². The van der Waals surface area contributed by atoms with Gasteiger partial charge in [0, 0.05) is 11.8 Å². The van der Waals surface area contributed by atoms with Crippen LogP contribution in [0.4, 0.5) is 0 Å². The Bertz CT molecular complexity index is 1850. The van der Waals surface area contributed by atoms with Crippen LogP contribution in [0.25, 0.3) is 0 Å². The minimum Gasteiger partial charge on any atom is -0.413 e. The number of aliphatic hydroxyl groups excluding tert-OH is 1. The molecule has 332 valence electrons. The summed E-state index contributed by atoms with van der Waals surface area (Å²) in [5.74, 6) is -0.479. The van der Waals surface area contributed by atoms with E-state index in [0.29, 0.717) is 25.6 Å². The van der Waals surface area contributed by atoms with Crippen LogP contribution in [0.1, 0.15) is 127 Å². The van der Waals surface area contributed by atoms with Crippen LogP contribution < -0.4 is 0 Å². The Labute approximate surface area is 361 Å². The quantitative estimate of drug-likeness (QED) is 0.197. The van der Waals surface area contributed by atoms with Gasteiger partial charge in [-0.05, 0) is 147 Å².